The van der Waals surface area contributed by atoms with Gasteiger partial charge in [-0.3, -0.25) is 0 Å². The quantitative estimate of drug-likeness (QED) is 0.781. The van der Waals surface area contributed by atoms with Crippen LogP contribution < -0.4 is 5.32 Å². The second-order valence-electron chi connectivity index (χ2n) is 2.14. The van der Waals surface area contributed by atoms with Crippen LogP contribution in [0.1, 0.15) is 6.92 Å². The number of anilines is 1. The van der Waals surface area contributed by atoms with Gasteiger partial charge in [0.25, 0.3) is 0 Å². The maximum Gasteiger partial charge on any atom is 0.126 e. The number of pyridine rings is 1. The highest BCUT2D eigenvalue weighted by Crippen LogP contribution is 2.09. The molecule has 0 aliphatic rings. The summed E-state index contributed by atoms with van der Waals surface area (Å²) < 4.78 is 0.981. The minimum Gasteiger partial charge on any atom is -0.359 e. The van der Waals surface area contributed by atoms with Gasteiger partial charge in [0.1, 0.15) is 5.82 Å². The third kappa shape index (κ3) is 2.93. The molecule has 2 nitrogen and oxygen atoms in total. The molecule has 0 aliphatic heterocycles. The Morgan fingerprint density at radius 2 is 2.42 bits per heavy atom. The predicted molar refractivity (Wildman–Crippen MR) is 53.9 cm³/mol. The van der Waals surface area contributed by atoms with Crippen LogP contribution >= 0.6 is 15.9 Å². The van der Waals surface area contributed by atoms with E-state index in [2.05, 4.69) is 38.1 Å². The van der Waals surface area contributed by atoms with Crippen molar-refractivity contribution in [3.05, 3.63) is 22.8 Å². The Hall–Kier alpha value is -1.01. The zero-order chi connectivity index (χ0) is 8.81. The maximum absolute atomic E-state index is 4.12. The summed E-state index contributed by atoms with van der Waals surface area (Å²) in [7, 11) is 0. The van der Waals surface area contributed by atoms with E-state index in [0.717, 1.165) is 10.3 Å². The molecule has 1 heterocycles. The Bertz CT molecular complexity index is 295. The van der Waals surface area contributed by atoms with Gasteiger partial charge in [-0.25, -0.2) is 4.98 Å². The van der Waals surface area contributed by atoms with Gasteiger partial charge in [0, 0.05) is 10.7 Å². The highest BCUT2D eigenvalue weighted by atomic mass is 79.9. The monoisotopic (exact) mass is 224 g/mol. The number of halogens is 1. The summed E-state index contributed by atoms with van der Waals surface area (Å²) in [5.74, 6) is 6.55. The number of rotatable bonds is 2. The van der Waals surface area contributed by atoms with Crippen LogP contribution in [0.15, 0.2) is 22.8 Å². The van der Waals surface area contributed by atoms with Crippen molar-refractivity contribution in [3.63, 3.8) is 0 Å². The molecule has 0 unspecified atom stereocenters. The molecule has 1 aromatic heterocycles. The van der Waals surface area contributed by atoms with Gasteiger partial charge in [-0.1, -0.05) is 5.92 Å². The molecule has 0 aliphatic carbocycles. The van der Waals surface area contributed by atoms with Crippen molar-refractivity contribution in [1.82, 2.24) is 4.98 Å². The second kappa shape index (κ2) is 4.78. The van der Waals surface area contributed by atoms with Crippen LogP contribution in [0.25, 0.3) is 0 Å². The number of aromatic nitrogens is 1. The first kappa shape index (κ1) is 9.08. The van der Waals surface area contributed by atoms with Crippen molar-refractivity contribution in [2.75, 3.05) is 11.9 Å². The fourth-order valence-corrected chi connectivity index (χ4v) is 0.938. The standard InChI is InChI=1S/C9H9BrN2/c1-2-3-6-11-9-5-4-8(10)7-12-9/h4-5,7H,6H2,1H3,(H,11,12). The molecule has 1 rings (SSSR count). The highest BCUT2D eigenvalue weighted by Gasteiger charge is 1.89. The topological polar surface area (TPSA) is 24.9 Å². The molecule has 3 heteroatoms. The maximum atomic E-state index is 4.12. The van der Waals surface area contributed by atoms with E-state index >= 15 is 0 Å². The normalized spacial score (nSPS) is 8.50. The van der Waals surface area contributed by atoms with Crippen LogP contribution in [0.2, 0.25) is 0 Å². The van der Waals surface area contributed by atoms with Crippen LogP contribution in [0.3, 0.4) is 0 Å². The zero-order valence-corrected chi connectivity index (χ0v) is 8.35. The molecule has 0 aromatic carbocycles. The summed E-state index contributed by atoms with van der Waals surface area (Å²) in [5, 5.41) is 3.07. The fourth-order valence-electron chi connectivity index (χ4n) is 0.704. The predicted octanol–water partition coefficient (Wildman–Crippen LogP) is 2.28. The number of hydrogen-bond acceptors (Lipinski definition) is 2. The SMILES string of the molecule is CC#CCNc1ccc(Br)cn1. The van der Waals surface area contributed by atoms with Gasteiger partial charge in [-0.15, -0.1) is 5.92 Å². The molecule has 0 fully saturated rings. The van der Waals surface area contributed by atoms with Gasteiger partial charge < -0.3 is 5.32 Å². The van der Waals surface area contributed by atoms with Crippen molar-refractivity contribution in [1.29, 1.82) is 0 Å². The first-order valence-corrected chi connectivity index (χ1v) is 4.37. The van der Waals surface area contributed by atoms with Crippen molar-refractivity contribution in [2.45, 2.75) is 6.92 Å². The molecule has 12 heavy (non-hydrogen) atoms. The lowest BCUT2D eigenvalue weighted by atomic mass is 10.4. The Morgan fingerprint density at radius 1 is 1.58 bits per heavy atom. The van der Waals surface area contributed by atoms with Gasteiger partial charge in [-0.05, 0) is 35.0 Å². The van der Waals surface area contributed by atoms with Gasteiger partial charge >= 0.3 is 0 Å². The lowest BCUT2D eigenvalue weighted by molar-refractivity contribution is 1.23. The van der Waals surface area contributed by atoms with Gasteiger partial charge in [-0.2, -0.15) is 0 Å². The third-order valence-corrected chi connectivity index (χ3v) is 1.73. The summed E-state index contributed by atoms with van der Waals surface area (Å²) in [6, 6.07) is 3.84. The molecule has 62 valence electrons. The number of nitrogens with zero attached hydrogens (tertiary/aromatic N) is 1. The van der Waals surface area contributed by atoms with E-state index in [1.54, 1.807) is 6.20 Å². The Labute approximate surface area is 80.5 Å². The molecule has 0 atom stereocenters. The van der Waals surface area contributed by atoms with E-state index in [1.807, 2.05) is 19.1 Å². The van der Waals surface area contributed by atoms with Crippen LogP contribution in [0, 0.1) is 11.8 Å². The van der Waals surface area contributed by atoms with E-state index in [9.17, 15) is 0 Å². The van der Waals surface area contributed by atoms with Gasteiger partial charge in [0.2, 0.25) is 0 Å². The first-order valence-electron chi connectivity index (χ1n) is 3.58. The fraction of sp³-hybridized carbons (Fsp3) is 0.222. The molecule has 0 saturated heterocycles. The Balaban J connectivity index is 2.51. The van der Waals surface area contributed by atoms with Crippen LogP contribution in [0.5, 0.6) is 0 Å². The molecule has 0 spiro atoms. The number of hydrogen-bond donors (Lipinski definition) is 1. The smallest absolute Gasteiger partial charge is 0.126 e. The highest BCUT2D eigenvalue weighted by molar-refractivity contribution is 9.10. The molecule has 0 amide bonds. The summed E-state index contributed by atoms with van der Waals surface area (Å²) in [4.78, 5) is 4.12. The lowest BCUT2D eigenvalue weighted by Gasteiger charge is -1.99. The van der Waals surface area contributed by atoms with Crippen molar-refractivity contribution in [2.24, 2.45) is 0 Å². The summed E-state index contributed by atoms with van der Waals surface area (Å²) in [6.45, 7) is 2.46. The minimum absolute atomic E-state index is 0.644. The molecular weight excluding hydrogens is 216 g/mol. The summed E-state index contributed by atoms with van der Waals surface area (Å²) in [5.41, 5.74) is 0. The van der Waals surface area contributed by atoms with Crippen LogP contribution in [0.4, 0.5) is 5.82 Å². The van der Waals surface area contributed by atoms with E-state index < -0.39 is 0 Å². The summed E-state index contributed by atoms with van der Waals surface area (Å²) >= 11 is 3.31. The van der Waals surface area contributed by atoms with Crippen molar-refractivity contribution in [3.8, 4) is 11.8 Å². The van der Waals surface area contributed by atoms with E-state index in [0.29, 0.717) is 6.54 Å². The average Bonchev–Trinajstić information content (AvgIpc) is 2.09. The lowest BCUT2D eigenvalue weighted by Crippen LogP contribution is -1.99. The average molecular weight is 225 g/mol. The van der Waals surface area contributed by atoms with Crippen molar-refractivity contribution >= 4 is 21.7 Å². The minimum atomic E-state index is 0.644. The molecule has 0 saturated carbocycles. The third-order valence-electron chi connectivity index (χ3n) is 1.26. The molecule has 0 radical (unpaired) electrons. The summed E-state index contributed by atoms with van der Waals surface area (Å²) in [6.07, 6.45) is 1.75. The second-order valence-corrected chi connectivity index (χ2v) is 3.06. The Morgan fingerprint density at radius 3 is 3.00 bits per heavy atom. The molecule has 1 N–H and O–H groups in total. The molecule has 1 aromatic rings. The van der Waals surface area contributed by atoms with Gasteiger partial charge in [0.15, 0.2) is 0 Å². The van der Waals surface area contributed by atoms with Crippen molar-refractivity contribution < 1.29 is 0 Å². The van der Waals surface area contributed by atoms with Crippen LogP contribution in [-0.4, -0.2) is 11.5 Å². The first-order chi connectivity index (χ1) is 5.83. The van der Waals surface area contributed by atoms with E-state index in [1.165, 1.54) is 0 Å². The molecular formula is C9H9BrN2. The van der Waals surface area contributed by atoms with Gasteiger partial charge in [0.05, 0.1) is 6.54 Å². The zero-order valence-electron chi connectivity index (χ0n) is 6.76. The van der Waals surface area contributed by atoms with E-state index in [4.69, 9.17) is 0 Å². The molecule has 0 bridgehead atoms. The van der Waals surface area contributed by atoms with Crippen LogP contribution in [-0.2, 0) is 0 Å². The Kier molecular flexibility index (Phi) is 3.62. The largest absolute Gasteiger partial charge is 0.359 e. The number of nitrogens with one attached hydrogen (secondary N) is 1. The van der Waals surface area contributed by atoms with E-state index in [-0.39, 0.29) is 0 Å².